The van der Waals surface area contributed by atoms with Gasteiger partial charge in [-0.2, -0.15) is 0 Å². The summed E-state index contributed by atoms with van der Waals surface area (Å²) in [7, 11) is 0. The molecule has 0 radical (unpaired) electrons. The molecular formula is C17H28O7. The fourth-order valence-corrected chi connectivity index (χ4v) is 2.92. The summed E-state index contributed by atoms with van der Waals surface area (Å²) >= 11 is 0. The number of hydrogen-bond acceptors (Lipinski definition) is 7. The van der Waals surface area contributed by atoms with E-state index in [4.69, 9.17) is 18.9 Å². The zero-order valence-corrected chi connectivity index (χ0v) is 15.4. The molecule has 1 heterocycles. The number of hydrogen-bond donors (Lipinski definition) is 0. The third-order valence-corrected chi connectivity index (χ3v) is 4.38. The van der Waals surface area contributed by atoms with Gasteiger partial charge in [0.15, 0.2) is 0 Å². The molecule has 0 amide bonds. The molecular weight excluding hydrogens is 316 g/mol. The Morgan fingerprint density at radius 3 is 1.71 bits per heavy atom. The minimum atomic E-state index is -1.11. The molecule has 0 aromatic rings. The van der Waals surface area contributed by atoms with Crippen molar-refractivity contribution in [1.29, 1.82) is 0 Å². The molecule has 1 saturated heterocycles. The average Bonchev–Trinajstić information content (AvgIpc) is 2.43. The van der Waals surface area contributed by atoms with Crippen LogP contribution in [0.15, 0.2) is 0 Å². The summed E-state index contributed by atoms with van der Waals surface area (Å²) in [6.07, 6.45) is -3.18. The highest BCUT2D eigenvalue weighted by atomic mass is 16.7. The fraction of sp³-hybridized carbons (Fsp3) is 0.824. The molecule has 0 unspecified atom stereocenters. The second kappa shape index (κ2) is 8.46. The SMILES string of the molecule is CC(=O)O[C@H]1O[C@H]([C@@H](C)C(C)C)[C@@H](C)[C@H](OC(C)=O)[C@@H]1OC(C)=O. The molecule has 0 saturated carbocycles. The molecule has 1 rings (SSSR count). The average molecular weight is 344 g/mol. The van der Waals surface area contributed by atoms with Gasteiger partial charge >= 0.3 is 17.9 Å². The van der Waals surface area contributed by atoms with Gasteiger partial charge in [-0.05, 0) is 11.8 Å². The Bertz CT molecular complexity index is 474. The van der Waals surface area contributed by atoms with E-state index in [1.165, 1.54) is 20.8 Å². The van der Waals surface area contributed by atoms with E-state index in [-0.39, 0.29) is 17.9 Å². The highest BCUT2D eigenvalue weighted by Gasteiger charge is 2.51. The molecule has 1 aliphatic heterocycles. The predicted molar refractivity (Wildman–Crippen MR) is 84.7 cm³/mol. The van der Waals surface area contributed by atoms with Crippen LogP contribution in [0.5, 0.6) is 0 Å². The van der Waals surface area contributed by atoms with Crippen molar-refractivity contribution in [3.05, 3.63) is 0 Å². The van der Waals surface area contributed by atoms with E-state index in [1.54, 1.807) is 0 Å². The van der Waals surface area contributed by atoms with Crippen molar-refractivity contribution in [3.63, 3.8) is 0 Å². The Labute approximate surface area is 143 Å². The summed E-state index contributed by atoms with van der Waals surface area (Å²) in [6.45, 7) is 11.8. The van der Waals surface area contributed by atoms with Crippen LogP contribution in [0.25, 0.3) is 0 Å². The van der Waals surface area contributed by atoms with Crippen molar-refractivity contribution in [2.45, 2.75) is 73.1 Å². The van der Waals surface area contributed by atoms with Gasteiger partial charge in [0.05, 0.1) is 6.10 Å². The zero-order valence-electron chi connectivity index (χ0n) is 15.4. The second-order valence-corrected chi connectivity index (χ2v) is 6.69. The molecule has 1 fully saturated rings. The van der Waals surface area contributed by atoms with E-state index in [0.29, 0.717) is 5.92 Å². The summed E-state index contributed by atoms with van der Waals surface area (Å²) < 4.78 is 21.8. The lowest BCUT2D eigenvalue weighted by atomic mass is 9.79. The lowest BCUT2D eigenvalue weighted by molar-refractivity contribution is -0.290. The first-order chi connectivity index (χ1) is 11.0. The highest BCUT2D eigenvalue weighted by molar-refractivity contribution is 5.68. The molecule has 138 valence electrons. The summed E-state index contributed by atoms with van der Waals surface area (Å²) in [5, 5.41) is 0. The molecule has 7 heteroatoms. The van der Waals surface area contributed by atoms with Crippen LogP contribution in [0, 0.1) is 17.8 Å². The maximum atomic E-state index is 11.5. The zero-order chi connectivity index (χ0) is 18.6. The van der Waals surface area contributed by atoms with Crippen LogP contribution in [0.3, 0.4) is 0 Å². The summed E-state index contributed by atoms with van der Waals surface area (Å²) in [4.78, 5) is 34.4. The molecule has 6 atom stereocenters. The molecule has 0 bridgehead atoms. The molecule has 0 aromatic heterocycles. The minimum Gasteiger partial charge on any atom is -0.458 e. The number of rotatable bonds is 5. The van der Waals surface area contributed by atoms with Crippen LogP contribution < -0.4 is 0 Å². The van der Waals surface area contributed by atoms with Crippen LogP contribution in [-0.2, 0) is 33.3 Å². The van der Waals surface area contributed by atoms with Crippen molar-refractivity contribution in [2.24, 2.45) is 17.8 Å². The van der Waals surface area contributed by atoms with Gasteiger partial charge in [0.1, 0.15) is 6.10 Å². The second-order valence-electron chi connectivity index (χ2n) is 6.69. The van der Waals surface area contributed by atoms with Crippen molar-refractivity contribution in [1.82, 2.24) is 0 Å². The molecule has 0 aliphatic carbocycles. The normalized spacial score (nSPS) is 31.2. The van der Waals surface area contributed by atoms with Crippen LogP contribution in [0.1, 0.15) is 48.5 Å². The van der Waals surface area contributed by atoms with Gasteiger partial charge in [0, 0.05) is 26.7 Å². The third kappa shape index (κ3) is 5.19. The maximum Gasteiger partial charge on any atom is 0.305 e. The quantitative estimate of drug-likeness (QED) is 0.557. The Kier molecular flexibility index (Phi) is 7.20. The van der Waals surface area contributed by atoms with Crippen molar-refractivity contribution < 1.29 is 33.3 Å². The third-order valence-electron chi connectivity index (χ3n) is 4.38. The van der Waals surface area contributed by atoms with Gasteiger partial charge in [-0.25, -0.2) is 0 Å². The van der Waals surface area contributed by atoms with Gasteiger partial charge in [0.2, 0.25) is 12.4 Å². The molecule has 7 nitrogen and oxygen atoms in total. The molecule has 1 aliphatic rings. The fourth-order valence-electron chi connectivity index (χ4n) is 2.92. The Balaban J connectivity index is 3.19. The lowest BCUT2D eigenvalue weighted by Gasteiger charge is -2.46. The highest BCUT2D eigenvalue weighted by Crippen LogP contribution is 2.36. The van der Waals surface area contributed by atoms with Crippen molar-refractivity contribution in [3.8, 4) is 0 Å². The first kappa shape index (κ1) is 20.4. The van der Waals surface area contributed by atoms with Crippen LogP contribution in [0.4, 0.5) is 0 Å². The van der Waals surface area contributed by atoms with E-state index >= 15 is 0 Å². The monoisotopic (exact) mass is 344 g/mol. The van der Waals surface area contributed by atoms with Gasteiger partial charge in [-0.15, -0.1) is 0 Å². The Hall–Kier alpha value is -1.63. The van der Waals surface area contributed by atoms with Crippen LogP contribution in [0.2, 0.25) is 0 Å². The van der Waals surface area contributed by atoms with Gasteiger partial charge in [-0.1, -0.05) is 27.7 Å². The number of carbonyl (C=O) groups excluding carboxylic acids is 3. The summed E-state index contributed by atoms with van der Waals surface area (Å²) in [5.41, 5.74) is 0. The number of ether oxygens (including phenoxy) is 4. The minimum absolute atomic E-state index is 0.120. The predicted octanol–water partition coefficient (Wildman–Crippen LogP) is 2.07. The molecule has 0 N–H and O–H groups in total. The largest absolute Gasteiger partial charge is 0.458 e. The van der Waals surface area contributed by atoms with Crippen LogP contribution >= 0.6 is 0 Å². The summed E-state index contributed by atoms with van der Waals surface area (Å²) in [6, 6.07) is 0. The standard InChI is InChI=1S/C17H28O7/c1-8(2)9(3)14-10(4)15(21-11(5)18)16(22-12(6)19)17(24-14)23-13(7)20/h8-10,14-17H,1-7H3/t9-,10+,14+,15-,16-,17-/m0/s1. The molecule has 0 spiro atoms. The van der Waals surface area contributed by atoms with E-state index in [2.05, 4.69) is 13.8 Å². The lowest BCUT2D eigenvalue weighted by Crippen LogP contribution is -2.59. The van der Waals surface area contributed by atoms with Gasteiger partial charge in [0.25, 0.3) is 0 Å². The maximum absolute atomic E-state index is 11.5. The smallest absolute Gasteiger partial charge is 0.305 e. The van der Waals surface area contributed by atoms with E-state index in [0.717, 1.165) is 0 Å². The number of carbonyl (C=O) groups is 3. The van der Waals surface area contributed by atoms with E-state index in [1.807, 2.05) is 13.8 Å². The topological polar surface area (TPSA) is 88.1 Å². The molecule has 0 aromatic carbocycles. The first-order valence-corrected chi connectivity index (χ1v) is 8.21. The van der Waals surface area contributed by atoms with Gasteiger partial charge in [-0.3, -0.25) is 14.4 Å². The first-order valence-electron chi connectivity index (χ1n) is 8.21. The van der Waals surface area contributed by atoms with E-state index in [9.17, 15) is 14.4 Å². The Morgan fingerprint density at radius 2 is 1.29 bits per heavy atom. The summed E-state index contributed by atoms with van der Waals surface area (Å²) in [5.74, 6) is -1.44. The number of esters is 3. The van der Waals surface area contributed by atoms with Crippen molar-refractivity contribution >= 4 is 17.9 Å². The van der Waals surface area contributed by atoms with Crippen molar-refractivity contribution in [2.75, 3.05) is 0 Å². The van der Waals surface area contributed by atoms with E-state index < -0.39 is 36.4 Å². The van der Waals surface area contributed by atoms with Gasteiger partial charge < -0.3 is 18.9 Å². The van der Waals surface area contributed by atoms with Crippen LogP contribution in [-0.4, -0.2) is 42.5 Å². The Morgan fingerprint density at radius 1 is 0.833 bits per heavy atom. The molecule has 24 heavy (non-hydrogen) atoms.